The topological polar surface area (TPSA) is 43.9 Å². The van der Waals surface area contributed by atoms with Crippen LogP contribution in [0, 0.1) is 41.5 Å². The van der Waals surface area contributed by atoms with Crippen LogP contribution in [0.3, 0.4) is 0 Å². The van der Waals surface area contributed by atoms with Crippen LogP contribution in [0.25, 0.3) is 134 Å². The second-order valence-corrected chi connectivity index (χ2v) is 28.1. The molecule has 0 unspecified atom stereocenters. The maximum Gasteiger partial charge on any atom is 0.213 e. The Hall–Kier alpha value is -12.9. The number of hydrogen-bond donors (Lipinski definition) is 0. The van der Waals surface area contributed by atoms with Crippen LogP contribution in [0.1, 0.15) is 33.4 Å². The Morgan fingerprint density at radius 2 is 0.546 bits per heavy atom. The van der Waals surface area contributed by atoms with Gasteiger partial charge in [0.25, 0.3) is 0 Å². The molecule has 0 N–H and O–H groups in total. The molecular weight excluding hydrogens is 1320 g/mol. The zero-order valence-corrected chi connectivity index (χ0v) is 64.8. The quantitative estimate of drug-likeness (QED) is 0.119. The summed E-state index contributed by atoms with van der Waals surface area (Å²) >= 11 is 0. The maximum absolute atomic E-state index is 4.46. The third-order valence-electron chi connectivity index (χ3n) is 21.1. The van der Waals surface area contributed by atoms with Gasteiger partial charge < -0.3 is 0 Å². The molecule has 0 aliphatic heterocycles. The van der Waals surface area contributed by atoms with Crippen LogP contribution in [0.15, 0.2) is 335 Å². The number of benzene rings is 7. The second kappa shape index (κ2) is 33.1. The summed E-state index contributed by atoms with van der Waals surface area (Å²) in [6, 6.07) is 101. The minimum Gasteiger partial charge on any atom is -0.256 e. The molecule has 0 saturated heterocycles. The molecule has 16 rings (SSSR count). The van der Waals surface area contributed by atoms with Crippen molar-refractivity contribution in [2.75, 3.05) is 0 Å². The minimum atomic E-state index is 0.987. The lowest BCUT2D eigenvalue weighted by atomic mass is 9.95. The lowest BCUT2D eigenvalue weighted by molar-refractivity contribution is -0.660. The molecule has 108 heavy (non-hydrogen) atoms. The highest BCUT2D eigenvalue weighted by Crippen LogP contribution is 2.36. The number of nitrogens with zero attached hydrogens (tertiary/aromatic N) is 9. The molecule has 0 radical (unpaired) electrons. The van der Waals surface area contributed by atoms with Crippen LogP contribution < -0.4 is 36.5 Å². The highest BCUT2D eigenvalue weighted by atomic mass is 15.0. The molecule has 7 aromatic carbocycles. The molecule has 9 nitrogen and oxygen atoms in total. The molecular formula is C99H97N9+8. The van der Waals surface area contributed by atoms with Gasteiger partial charge in [-0.25, -0.2) is 32.0 Å². The maximum atomic E-state index is 4.46. The molecule has 0 fully saturated rings. The van der Waals surface area contributed by atoms with E-state index >= 15 is 0 Å². The lowest BCUT2D eigenvalue weighted by Gasteiger charge is -2.11. The second-order valence-electron chi connectivity index (χ2n) is 28.1. The monoisotopic (exact) mass is 1410 g/mol. The first-order valence-electron chi connectivity index (χ1n) is 37.0. The average Bonchev–Trinajstić information content (AvgIpc) is 0.788. The zero-order valence-electron chi connectivity index (χ0n) is 64.8. The van der Waals surface area contributed by atoms with Gasteiger partial charge in [-0.15, -0.1) is 0 Å². The van der Waals surface area contributed by atoms with E-state index in [1.165, 1.54) is 157 Å². The average molecular weight is 1410 g/mol. The predicted octanol–water partition coefficient (Wildman–Crippen LogP) is 18.1. The van der Waals surface area contributed by atoms with Gasteiger partial charge in [-0.2, -0.15) is 4.57 Å². The van der Waals surface area contributed by atoms with Crippen molar-refractivity contribution >= 4 is 10.9 Å². The fraction of sp³-hybridized carbons (Fsp3) is 0.141. The molecule has 0 atom stereocenters. The van der Waals surface area contributed by atoms with E-state index in [2.05, 4.69) is 450 Å². The van der Waals surface area contributed by atoms with Crippen molar-refractivity contribution in [3.8, 4) is 124 Å². The van der Waals surface area contributed by atoms with Crippen LogP contribution in [-0.4, -0.2) is 4.98 Å². The number of aryl methyl sites for hydroxylation is 10. The molecule has 530 valence electrons. The van der Waals surface area contributed by atoms with Crippen molar-refractivity contribution in [3.05, 3.63) is 368 Å². The molecule has 0 aliphatic rings. The van der Waals surface area contributed by atoms with Crippen LogP contribution in [0.2, 0.25) is 0 Å². The standard InChI is InChI=1S/2C26H26N2.C24H23N3.C23H22N2/c2*1-19-17-26(28(4)18-24(19)21-11-6-5-7-12-21)23-14-10-13-22(20(23)2)25-15-8-9-16-27(25)3;1-18-20(23-12-5-7-16-26(23)2)9-8-10-21(18)24-14-13-19(17-27(24)3)22-11-4-6-15-25-22;1-17-19(22-13-6-7-16-24(22)2)10-8-11-20(17)23-15-14-18-9-4-5-12-21(18)25(23)3/h2*5-18H,1-4H3;4-17H,1-3H3;4-16H,1-3H3/q4*+2. The van der Waals surface area contributed by atoms with Gasteiger partial charge in [-0.3, -0.25) is 4.98 Å². The third kappa shape index (κ3) is 15.7. The summed E-state index contributed by atoms with van der Waals surface area (Å²) in [5.74, 6) is 0. The number of rotatable bonds is 11. The summed E-state index contributed by atoms with van der Waals surface area (Å²) < 4.78 is 17.6. The summed E-state index contributed by atoms with van der Waals surface area (Å²) in [6.45, 7) is 13.2. The SMILES string of the molecule is Cc1c(-c2cccc[n+]2C)cccc1-c1ccc(-c2ccccn2)c[n+]1C.Cc1c(-c2cccc[n+]2C)cccc1-c1ccc2ccccc2[n+]1C.Cc1cc(-c2cccc(-c3cccc[n+]3C)c2C)[n+](C)cc1-c1ccccc1.Cc1cc(-c2cccc(-c3cccc[n+]3C)c2C)[n+](C)cc1-c1ccccc1. The van der Waals surface area contributed by atoms with Crippen molar-refractivity contribution in [2.24, 2.45) is 56.4 Å². The molecule has 9 heteroatoms. The van der Waals surface area contributed by atoms with Crippen LogP contribution >= 0.6 is 0 Å². The first-order chi connectivity index (χ1) is 52.4. The van der Waals surface area contributed by atoms with E-state index in [0.29, 0.717) is 0 Å². The molecule has 0 bridgehead atoms. The Morgan fingerprint density at radius 3 is 0.917 bits per heavy atom. The first-order valence-corrected chi connectivity index (χ1v) is 37.0. The zero-order chi connectivity index (χ0) is 75.5. The summed E-state index contributed by atoms with van der Waals surface area (Å²) in [5, 5.41) is 1.26. The normalized spacial score (nSPS) is 10.9. The van der Waals surface area contributed by atoms with Gasteiger partial charge >= 0.3 is 0 Å². The van der Waals surface area contributed by atoms with Crippen molar-refractivity contribution in [1.29, 1.82) is 0 Å². The summed E-state index contributed by atoms with van der Waals surface area (Å²) in [6.07, 6.45) is 16.8. The minimum absolute atomic E-state index is 0.987. The Labute approximate surface area is 638 Å². The van der Waals surface area contributed by atoms with Crippen molar-refractivity contribution < 1.29 is 36.5 Å². The summed E-state index contributed by atoms with van der Waals surface area (Å²) in [4.78, 5) is 4.46. The van der Waals surface area contributed by atoms with Gasteiger partial charge in [0.1, 0.15) is 56.4 Å². The third-order valence-corrected chi connectivity index (χ3v) is 21.1. The predicted molar refractivity (Wildman–Crippen MR) is 439 cm³/mol. The van der Waals surface area contributed by atoms with Crippen molar-refractivity contribution in [3.63, 3.8) is 0 Å². The lowest BCUT2D eigenvalue weighted by Crippen LogP contribution is -2.32. The smallest absolute Gasteiger partial charge is 0.213 e. The van der Waals surface area contributed by atoms with Crippen molar-refractivity contribution in [2.45, 2.75) is 41.5 Å². The van der Waals surface area contributed by atoms with E-state index in [-0.39, 0.29) is 0 Å². The van der Waals surface area contributed by atoms with Gasteiger partial charge in [0.15, 0.2) is 43.4 Å². The fourth-order valence-corrected chi connectivity index (χ4v) is 15.0. The highest BCUT2D eigenvalue weighted by molar-refractivity contribution is 5.81. The van der Waals surface area contributed by atoms with Crippen LogP contribution in [-0.2, 0) is 56.4 Å². The van der Waals surface area contributed by atoms with Crippen molar-refractivity contribution in [1.82, 2.24) is 4.98 Å². The van der Waals surface area contributed by atoms with E-state index < -0.39 is 0 Å². The Morgan fingerprint density at radius 1 is 0.222 bits per heavy atom. The molecule has 0 amide bonds. The highest BCUT2D eigenvalue weighted by Gasteiger charge is 2.26. The van der Waals surface area contributed by atoms with Gasteiger partial charge in [-0.05, 0) is 189 Å². The Balaban J connectivity index is 0.000000127. The fourth-order valence-electron chi connectivity index (χ4n) is 15.0. The van der Waals surface area contributed by atoms with Crippen LogP contribution in [0.5, 0.6) is 0 Å². The molecule has 0 spiro atoms. The summed E-state index contributed by atoms with van der Waals surface area (Å²) in [5.41, 5.74) is 36.0. The largest absolute Gasteiger partial charge is 0.256 e. The molecule has 0 aliphatic carbocycles. The molecule has 16 aromatic rings. The number of pyridine rings is 9. The van der Waals surface area contributed by atoms with Gasteiger partial charge in [0.05, 0.1) is 11.3 Å². The first kappa shape index (κ1) is 73.5. The van der Waals surface area contributed by atoms with Crippen LogP contribution in [0.4, 0.5) is 0 Å². The Bertz CT molecular complexity index is 5740. The summed E-state index contributed by atoms with van der Waals surface area (Å²) in [7, 11) is 16.9. The molecule has 9 aromatic heterocycles. The van der Waals surface area contributed by atoms with E-state index in [1.807, 2.05) is 24.4 Å². The van der Waals surface area contributed by atoms with Gasteiger partial charge in [0.2, 0.25) is 51.1 Å². The Kier molecular flexibility index (Phi) is 22.5. The molecule has 0 saturated carbocycles. The number of hydrogen-bond acceptors (Lipinski definition) is 1. The van der Waals surface area contributed by atoms with E-state index in [0.717, 1.165) is 11.3 Å². The van der Waals surface area contributed by atoms with E-state index in [9.17, 15) is 0 Å². The number of para-hydroxylation sites is 1. The molecule has 9 heterocycles. The number of aromatic nitrogens is 9. The van der Waals surface area contributed by atoms with Gasteiger partial charge in [0, 0.05) is 146 Å². The van der Waals surface area contributed by atoms with E-state index in [4.69, 9.17) is 0 Å². The number of fused-ring (bicyclic) bond motifs is 1. The van der Waals surface area contributed by atoms with E-state index in [1.54, 1.807) is 0 Å². The van der Waals surface area contributed by atoms with Gasteiger partial charge in [-0.1, -0.05) is 103 Å².